The Morgan fingerprint density at radius 1 is 1.35 bits per heavy atom. The lowest BCUT2D eigenvalue weighted by Crippen LogP contribution is -2.36. The number of ether oxygens (including phenoxy) is 1. The van der Waals surface area contributed by atoms with E-state index < -0.39 is 6.10 Å². The first-order valence-electron chi connectivity index (χ1n) is 7.01. The van der Waals surface area contributed by atoms with Crippen LogP contribution < -0.4 is 10.1 Å². The normalized spacial score (nSPS) is 20.6. The molecule has 20 heavy (non-hydrogen) atoms. The van der Waals surface area contributed by atoms with Crippen molar-refractivity contribution in [3.8, 4) is 5.75 Å². The first kappa shape index (κ1) is 16.0. The molecule has 2 unspecified atom stereocenters. The van der Waals surface area contributed by atoms with Crippen molar-refractivity contribution in [2.75, 3.05) is 37.0 Å². The average Bonchev–Trinajstić information content (AvgIpc) is 2.48. The van der Waals surface area contributed by atoms with Crippen molar-refractivity contribution in [1.29, 1.82) is 0 Å². The molecule has 1 fully saturated rings. The van der Waals surface area contributed by atoms with E-state index in [4.69, 9.17) is 4.74 Å². The fourth-order valence-electron chi connectivity index (χ4n) is 1.95. The van der Waals surface area contributed by atoms with Crippen LogP contribution in [0.5, 0.6) is 5.75 Å². The molecule has 0 spiro atoms. The van der Waals surface area contributed by atoms with Crippen molar-refractivity contribution in [2.24, 2.45) is 0 Å². The van der Waals surface area contributed by atoms with Crippen molar-refractivity contribution < 1.29 is 9.84 Å². The third-order valence-electron chi connectivity index (χ3n) is 3.10. The van der Waals surface area contributed by atoms with Gasteiger partial charge in [0.1, 0.15) is 18.5 Å². The predicted molar refractivity (Wildman–Crippen MR) is 89.1 cm³/mol. The number of aliphatic hydroxyl groups is 1. The minimum atomic E-state index is -0.461. The molecule has 1 aliphatic rings. The topological polar surface area (TPSA) is 41.5 Å². The van der Waals surface area contributed by atoms with Crippen LogP contribution in [-0.4, -0.2) is 53.4 Å². The number of aliphatic hydroxyl groups excluding tert-OH is 1. The highest BCUT2D eigenvalue weighted by molar-refractivity contribution is 8.06. The number of rotatable bonds is 7. The number of hydrogen-bond acceptors (Lipinski definition) is 5. The van der Waals surface area contributed by atoms with Crippen LogP contribution >= 0.6 is 23.5 Å². The zero-order valence-corrected chi connectivity index (χ0v) is 13.5. The maximum absolute atomic E-state index is 9.90. The van der Waals surface area contributed by atoms with Crippen LogP contribution in [0, 0.1) is 6.92 Å². The molecule has 1 aromatic carbocycles. The van der Waals surface area contributed by atoms with Gasteiger partial charge in [0, 0.05) is 35.6 Å². The van der Waals surface area contributed by atoms with E-state index in [1.54, 1.807) is 0 Å². The summed E-state index contributed by atoms with van der Waals surface area (Å²) >= 11 is 4.05. The summed E-state index contributed by atoms with van der Waals surface area (Å²) in [6.45, 7) is 3.94. The fraction of sp³-hybridized carbons (Fsp3) is 0.600. The van der Waals surface area contributed by atoms with Gasteiger partial charge in [0.05, 0.1) is 0 Å². The minimum Gasteiger partial charge on any atom is -0.491 e. The largest absolute Gasteiger partial charge is 0.491 e. The summed E-state index contributed by atoms with van der Waals surface area (Å²) in [5, 5.41) is 13.9. The van der Waals surface area contributed by atoms with Gasteiger partial charge in [0.25, 0.3) is 0 Å². The zero-order chi connectivity index (χ0) is 14.2. The minimum absolute atomic E-state index is 0.336. The van der Waals surface area contributed by atoms with E-state index in [-0.39, 0.29) is 0 Å². The highest BCUT2D eigenvalue weighted by atomic mass is 32.2. The van der Waals surface area contributed by atoms with Gasteiger partial charge < -0.3 is 15.2 Å². The molecule has 112 valence electrons. The van der Waals surface area contributed by atoms with E-state index >= 15 is 0 Å². The van der Waals surface area contributed by atoms with Gasteiger partial charge in [-0.2, -0.15) is 23.5 Å². The number of hydrogen-bond donors (Lipinski definition) is 2. The van der Waals surface area contributed by atoms with Crippen LogP contribution in [0.1, 0.15) is 5.56 Å². The summed E-state index contributed by atoms with van der Waals surface area (Å²) in [7, 11) is 0. The molecule has 2 atom stereocenters. The summed E-state index contributed by atoms with van der Waals surface area (Å²) in [4.78, 5) is 0. The lowest BCUT2D eigenvalue weighted by atomic mass is 10.2. The molecule has 2 rings (SSSR count). The third-order valence-corrected chi connectivity index (χ3v) is 5.95. The van der Waals surface area contributed by atoms with Crippen LogP contribution in [0.3, 0.4) is 0 Å². The monoisotopic (exact) mass is 313 g/mol. The van der Waals surface area contributed by atoms with Crippen molar-refractivity contribution >= 4 is 23.5 Å². The molecule has 1 heterocycles. The second-order valence-electron chi connectivity index (χ2n) is 5.00. The smallest absolute Gasteiger partial charge is 0.119 e. The van der Waals surface area contributed by atoms with Gasteiger partial charge in [-0.3, -0.25) is 0 Å². The zero-order valence-electron chi connectivity index (χ0n) is 11.9. The molecule has 0 aromatic heterocycles. The number of nitrogens with one attached hydrogen (secondary N) is 1. The van der Waals surface area contributed by atoms with E-state index in [9.17, 15) is 5.11 Å². The van der Waals surface area contributed by atoms with Gasteiger partial charge in [0.15, 0.2) is 0 Å². The van der Waals surface area contributed by atoms with Crippen LogP contribution in [0.4, 0.5) is 0 Å². The van der Waals surface area contributed by atoms with Crippen molar-refractivity contribution in [3.63, 3.8) is 0 Å². The molecule has 1 saturated heterocycles. The van der Waals surface area contributed by atoms with Crippen molar-refractivity contribution in [1.82, 2.24) is 5.32 Å². The van der Waals surface area contributed by atoms with Gasteiger partial charge >= 0.3 is 0 Å². The average molecular weight is 313 g/mol. The lowest BCUT2D eigenvalue weighted by molar-refractivity contribution is 0.106. The molecule has 1 aliphatic heterocycles. The summed E-state index contributed by atoms with van der Waals surface area (Å²) < 4.78 is 5.57. The molecule has 0 aliphatic carbocycles. The second kappa shape index (κ2) is 8.82. The van der Waals surface area contributed by atoms with Gasteiger partial charge in [-0.1, -0.05) is 17.7 Å². The first-order valence-corrected chi connectivity index (χ1v) is 9.22. The summed E-state index contributed by atoms with van der Waals surface area (Å²) in [6, 6.07) is 7.90. The maximum Gasteiger partial charge on any atom is 0.119 e. The number of benzene rings is 1. The molecule has 3 nitrogen and oxygen atoms in total. The second-order valence-corrected chi connectivity index (χ2v) is 7.56. The number of aryl methyl sites for hydroxylation is 1. The van der Waals surface area contributed by atoms with Gasteiger partial charge in [0.2, 0.25) is 0 Å². The van der Waals surface area contributed by atoms with Crippen LogP contribution in [-0.2, 0) is 0 Å². The van der Waals surface area contributed by atoms with Gasteiger partial charge in [-0.15, -0.1) is 0 Å². The molecular formula is C15H23NO2S2. The lowest BCUT2D eigenvalue weighted by Gasteiger charge is -2.22. The molecule has 1 aromatic rings. The quantitative estimate of drug-likeness (QED) is 0.807. The Hall–Kier alpha value is -0.360. The van der Waals surface area contributed by atoms with Crippen LogP contribution in [0.15, 0.2) is 24.3 Å². The van der Waals surface area contributed by atoms with Crippen LogP contribution in [0.2, 0.25) is 0 Å². The molecule has 0 amide bonds. The molecule has 0 radical (unpaired) electrons. The molecule has 0 saturated carbocycles. The van der Waals surface area contributed by atoms with Crippen molar-refractivity contribution in [3.05, 3.63) is 29.8 Å². The first-order chi connectivity index (χ1) is 9.74. The van der Waals surface area contributed by atoms with Gasteiger partial charge in [-0.25, -0.2) is 0 Å². The highest BCUT2D eigenvalue weighted by Gasteiger charge is 2.14. The Morgan fingerprint density at radius 3 is 2.85 bits per heavy atom. The third kappa shape index (κ3) is 5.95. The summed E-state index contributed by atoms with van der Waals surface area (Å²) in [6.07, 6.45) is -0.461. The van der Waals surface area contributed by atoms with E-state index in [0.717, 1.165) is 12.3 Å². The maximum atomic E-state index is 9.90. The highest BCUT2D eigenvalue weighted by Crippen LogP contribution is 2.23. The predicted octanol–water partition coefficient (Wildman–Crippen LogP) is 2.17. The summed E-state index contributed by atoms with van der Waals surface area (Å²) in [5.41, 5.74) is 1.21. The molecular weight excluding hydrogens is 290 g/mol. The molecule has 2 N–H and O–H groups in total. The fourth-order valence-corrected chi connectivity index (χ4v) is 4.60. The van der Waals surface area contributed by atoms with E-state index in [1.807, 2.05) is 54.7 Å². The SMILES string of the molecule is Cc1ccc(OCC(O)CNCC2CSCCS2)cc1. The number of thioether (sulfide) groups is 2. The summed E-state index contributed by atoms with van der Waals surface area (Å²) in [5.74, 6) is 4.55. The Kier molecular flexibility index (Phi) is 7.07. The van der Waals surface area contributed by atoms with Crippen molar-refractivity contribution in [2.45, 2.75) is 18.3 Å². The standard InChI is InChI=1S/C15H23NO2S2/c1-12-2-4-14(5-3-12)18-10-13(17)8-16-9-15-11-19-6-7-20-15/h2-5,13,15-17H,6-11H2,1H3. The van der Waals surface area contributed by atoms with Gasteiger partial charge in [-0.05, 0) is 19.1 Å². The van der Waals surface area contributed by atoms with E-state index in [1.165, 1.54) is 22.8 Å². The molecule has 0 bridgehead atoms. The Bertz CT molecular complexity index is 380. The van der Waals surface area contributed by atoms with E-state index in [0.29, 0.717) is 18.4 Å². The Balaban J connectivity index is 1.57. The molecule has 5 heteroatoms. The Morgan fingerprint density at radius 2 is 2.15 bits per heavy atom. The van der Waals surface area contributed by atoms with E-state index in [2.05, 4.69) is 5.32 Å². The Labute approximate surface area is 129 Å². The van der Waals surface area contributed by atoms with Crippen LogP contribution in [0.25, 0.3) is 0 Å².